The summed E-state index contributed by atoms with van der Waals surface area (Å²) in [5, 5.41) is 0. The smallest absolute Gasteiger partial charge is 0.0609 e. The summed E-state index contributed by atoms with van der Waals surface area (Å²) in [6.45, 7) is 5.74. The SMILES string of the molecule is CC1COC2CCC[C@@H](C)[C@@H]12. The maximum Gasteiger partial charge on any atom is 0.0609 e. The summed E-state index contributed by atoms with van der Waals surface area (Å²) in [7, 11) is 0. The molecule has 1 heterocycles. The van der Waals surface area contributed by atoms with Crippen molar-refractivity contribution in [2.24, 2.45) is 17.8 Å². The molecule has 1 saturated carbocycles. The van der Waals surface area contributed by atoms with Gasteiger partial charge in [-0.3, -0.25) is 0 Å². The molecule has 1 aliphatic carbocycles. The Hall–Kier alpha value is -0.0400. The van der Waals surface area contributed by atoms with E-state index in [1.54, 1.807) is 0 Å². The minimum Gasteiger partial charge on any atom is -0.378 e. The predicted octanol–water partition coefficient (Wildman–Crippen LogP) is 2.46. The van der Waals surface area contributed by atoms with Gasteiger partial charge in [0.05, 0.1) is 6.10 Å². The molecule has 0 aromatic rings. The van der Waals surface area contributed by atoms with Crippen LogP contribution in [0.25, 0.3) is 0 Å². The van der Waals surface area contributed by atoms with E-state index in [0.29, 0.717) is 6.10 Å². The highest BCUT2D eigenvalue weighted by molar-refractivity contribution is 4.88. The first-order valence-electron chi connectivity index (χ1n) is 4.90. The van der Waals surface area contributed by atoms with Crippen LogP contribution in [0, 0.1) is 17.8 Å². The zero-order valence-corrected chi connectivity index (χ0v) is 7.55. The van der Waals surface area contributed by atoms with Gasteiger partial charge >= 0.3 is 0 Å². The number of hydrogen-bond acceptors (Lipinski definition) is 1. The Morgan fingerprint density at radius 3 is 2.64 bits per heavy atom. The quantitative estimate of drug-likeness (QED) is 0.521. The van der Waals surface area contributed by atoms with Crippen molar-refractivity contribution < 1.29 is 4.74 Å². The van der Waals surface area contributed by atoms with Gasteiger partial charge in [-0.1, -0.05) is 26.7 Å². The second-order valence-corrected chi connectivity index (χ2v) is 4.33. The van der Waals surface area contributed by atoms with Crippen molar-refractivity contribution in [3.63, 3.8) is 0 Å². The van der Waals surface area contributed by atoms with Gasteiger partial charge in [-0.05, 0) is 24.2 Å². The van der Waals surface area contributed by atoms with E-state index in [-0.39, 0.29) is 0 Å². The van der Waals surface area contributed by atoms with Crippen LogP contribution in [0.4, 0.5) is 0 Å². The van der Waals surface area contributed by atoms with Crippen LogP contribution in [0.1, 0.15) is 33.1 Å². The lowest BCUT2D eigenvalue weighted by Gasteiger charge is -2.32. The maximum atomic E-state index is 5.74. The molecule has 1 heteroatoms. The van der Waals surface area contributed by atoms with Crippen molar-refractivity contribution in [2.75, 3.05) is 6.61 Å². The second kappa shape index (κ2) is 2.78. The van der Waals surface area contributed by atoms with Crippen LogP contribution < -0.4 is 0 Å². The normalized spacial score (nSPS) is 50.7. The van der Waals surface area contributed by atoms with Gasteiger partial charge in [-0.15, -0.1) is 0 Å². The van der Waals surface area contributed by atoms with Crippen molar-refractivity contribution in [2.45, 2.75) is 39.2 Å². The van der Waals surface area contributed by atoms with Crippen molar-refractivity contribution in [3.8, 4) is 0 Å². The topological polar surface area (TPSA) is 9.23 Å². The molecule has 2 fully saturated rings. The van der Waals surface area contributed by atoms with Gasteiger partial charge in [-0.2, -0.15) is 0 Å². The molecule has 4 atom stereocenters. The Bertz CT molecular complexity index is 142. The Labute approximate surface area is 69.1 Å². The lowest BCUT2D eigenvalue weighted by atomic mass is 9.74. The summed E-state index contributed by atoms with van der Waals surface area (Å²) < 4.78 is 5.74. The highest BCUT2D eigenvalue weighted by atomic mass is 16.5. The first-order chi connectivity index (χ1) is 5.29. The van der Waals surface area contributed by atoms with Crippen LogP contribution in [-0.2, 0) is 4.74 Å². The minimum atomic E-state index is 0.619. The molecule has 1 nitrogen and oxygen atoms in total. The third-order valence-corrected chi connectivity index (χ3v) is 3.46. The first kappa shape index (κ1) is 7.60. The van der Waals surface area contributed by atoms with Crippen LogP contribution in [0.15, 0.2) is 0 Å². The zero-order chi connectivity index (χ0) is 7.84. The van der Waals surface area contributed by atoms with E-state index in [9.17, 15) is 0 Å². The number of ether oxygens (including phenoxy) is 1. The van der Waals surface area contributed by atoms with Crippen LogP contribution in [0.5, 0.6) is 0 Å². The molecule has 0 amide bonds. The van der Waals surface area contributed by atoms with Gasteiger partial charge in [0, 0.05) is 6.61 Å². The Morgan fingerprint density at radius 2 is 1.91 bits per heavy atom. The van der Waals surface area contributed by atoms with Crippen molar-refractivity contribution in [1.82, 2.24) is 0 Å². The summed E-state index contributed by atoms with van der Waals surface area (Å²) in [4.78, 5) is 0. The fourth-order valence-electron chi connectivity index (χ4n) is 2.90. The van der Waals surface area contributed by atoms with E-state index in [1.165, 1.54) is 19.3 Å². The second-order valence-electron chi connectivity index (χ2n) is 4.33. The third-order valence-electron chi connectivity index (χ3n) is 3.46. The van der Waals surface area contributed by atoms with Gasteiger partial charge in [0.2, 0.25) is 0 Å². The summed E-state index contributed by atoms with van der Waals surface area (Å²) >= 11 is 0. The first-order valence-corrected chi connectivity index (χ1v) is 4.90. The molecule has 1 saturated heterocycles. The summed E-state index contributed by atoms with van der Waals surface area (Å²) in [6.07, 6.45) is 4.75. The average molecular weight is 154 g/mol. The average Bonchev–Trinajstić information content (AvgIpc) is 2.34. The van der Waals surface area contributed by atoms with E-state index in [2.05, 4.69) is 13.8 Å². The molecule has 1 aliphatic heterocycles. The maximum absolute atomic E-state index is 5.74. The zero-order valence-electron chi connectivity index (χ0n) is 7.55. The molecule has 0 radical (unpaired) electrons. The third kappa shape index (κ3) is 1.20. The fraction of sp³-hybridized carbons (Fsp3) is 1.00. The van der Waals surface area contributed by atoms with E-state index in [4.69, 9.17) is 4.74 Å². The van der Waals surface area contributed by atoms with Crippen LogP contribution in [0.3, 0.4) is 0 Å². The van der Waals surface area contributed by atoms with Crippen LogP contribution >= 0.6 is 0 Å². The summed E-state index contributed by atoms with van der Waals surface area (Å²) in [5.74, 6) is 2.60. The molecule has 2 rings (SSSR count). The monoisotopic (exact) mass is 154 g/mol. The van der Waals surface area contributed by atoms with Crippen LogP contribution in [0.2, 0.25) is 0 Å². The van der Waals surface area contributed by atoms with E-state index < -0.39 is 0 Å². The van der Waals surface area contributed by atoms with Gasteiger partial charge in [-0.25, -0.2) is 0 Å². The minimum absolute atomic E-state index is 0.619. The Balaban J connectivity index is 2.08. The lowest BCUT2D eigenvalue weighted by molar-refractivity contribution is 0.0474. The molecule has 2 aliphatic rings. The predicted molar refractivity (Wildman–Crippen MR) is 45.4 cm³/mol. The molecular weight excluding hydrogens is 136 g/mol. The fourth-order valence-corrected chi connectivity index (χ4v) is 2.90. The molecular formula is C10H18O. The molecule has 0 aromatic carbocycles. The van der Waals surface area contributed by atoms with Gasteiger partial charge in [0.1, 0.15) is 0 Å². The molecule has 2 unspecified atom stereocenters. The van der Waals surface area contributed by atoms with E-state index in [1.807, 2.05) is 0 Å². The van der Waals surface area contributed by atoms with E-state index >= 15 is 0 Å². The summed E-state index contributed by atoms with van der Waals surface area (Å²) in [6, 6.07) is 0. The standard InChI is InChI=1S/C10H18O/c1-7-4-3-5-9-10(7)8(2)6-11-9/h7-10H,3-6H2,1-2H3/t7-,8?,9?,10+/m1/s1. The number of fused-ring (bicyclic) bond motifs is 1. The van der Waals surface area contributed by atoms with E-state index in [0.717, 1.165) is 24.4 Å². The van der Waals surface area contributed by atoms with Crippen LogP contribution in [-0.4, -0.2) is 12.7 Å². The summed E-state index contributed by atoms with van der Waals surface area (Å²) in [5.41, 5.74) is 0. The number of hydrogen-bond donors (Lipinski definition) is 0. The van der Waals surface area contributed by atoms with Crippen molar-refractivity contribution in [1.29, 1.82) is 0 Å². The molecule has 0 spiro atoms. The van der Waals surface area contributed by atoms with Gasteiger partial charge in [0.25, 0.3) is 0 Å². The molecule has 0 N–H and O–H groups in total. The highest BCUT2D eigenvalue weighted by Crippen LogP contribution is 2.41. The highest BCUT2D eigenvalue weighted by Gasteiger charge is 2.39. The molecule has 0 aromatic heterocycles. The molecule has 11 heavy (non-hydrogen) atoms. The number of rotatable bonds is 0. The van der Waals surface area contributed by atoms with Gasteiger partial charge < -0.3 is 4.74 Å². The Morgan fingerprint density at radius 1 is 1.09 bits per heavy atom. The lowest BCUT2D eigenvalue weighted by Crippen LogP contribution is -2.30. The van der Waals surface area contributed by atoms with Gasteiger partial charge in [0.15, 0.2) is 0 Å². The largest absolute Gasteiger partial charge is 0.378 e. The van der Waals surface area contributed by atoms with Crippen molar-refractivity contribution in [3.05, 3.63) is 0 Å². The molecule has 64 valence electrons. The van der Waals surface area contributed by atoms with Crippen molar-refractivity contribution >= 4 is 0 Å². The Kier molecular flexibility index (Phi) is 1.92. The molecule has 0 bridgehead atoms.